The summed E-state index contributed by atoms with van der Waals surface area (Å²) in [5, 5.41) is 22.1. The summed E-state index contributed by atoms with van der Waals surface area (Å²) in [4.78, 5) is 14.9. The van der Waals surface area contributed by atoms with Crippen molar-refractivity contribution in [1.29, 1.82) is 5.26 Å². The predicted molar refractivity (Wildman–Crippen MR) is 122 cm³/mol. The van der Waals surface area contributed by atoms with Crippen LogP contribution in [0, 0.1) is 11.3 Å². The lowest BCUT2D eigenvalue weighted by Gasteiger charge is -2.32. The van der Waals surface area contributed by atoms with Crippen molar-refractivity contribution in [2.45, 2.75) is 32.0 Å². The maximum atomic E-state index is 12.5. The molecule has 1 N–H and O–H groups in total. The van der Waals surface area contributed by atoms with E-state index in [0.29, 0.717) is 49.5 Å². The van der Waals surface area contributed by atoms with Crippen LogP contribution in [-0.4, -0.2) is 58.6 Å². The Morgan fingerprint density at radius 3 is 2.73 bits per heavy atom. The number of nitriles is 1. The van der Waals surface area contributed by atoms with Gasteiger partial charge in [0.25, 0.3) is 11.4 Å². The first-order valence-corrected chi connectivity index (χ1v) is 11.3. The molecule has 2 aromatic heterocycles. The molecule has 9 nitrogen and oxygen atoms in total. The van der Waals surface area contributed by atoms with Crippen molar-refractivity contribution in [2.75, 3.05) is 32.8 Å². The second kappa shape index (κ2) is 9.57. The minimum absolute atomic E-state index is 0.0327. The molecule has 170 valence electrons. The molecule has 1 fully saturated rings. The van der Waals surface area contributed by atoms with Crippen LogP contribution in [0.1, 0.15) is 24.1 Å². The summed E-state index contributed by atoms with van der Waals surface area (Å²) in [7, 11) is 0. The molecule has 33 heavy (non-hydrogen) atoms. The first-order chi connectivity index (χ1) is 16.2. The number of fused-ring (bicyclic) bond motifs is 2. The molecule has 4 heterocycles. The van der Waals surface area contributed by atoms with Gasteiger partial charge in [-0.1, -0.05) is 6.07 Å². The Labute approximate surface area is 191 Å². The van der Waals surface area contributed by atoms with Crippen molar-refractivity contribution in [3.05, 3.63) is 58.0 Å². The predicted octanol–water partition coefficient (Wildman–Crippen LogP) is 1.69. The fourth-order valence-corrected chi connectivity index (χ4v) is 4.42. The number of hydrogen-bond donors (Lipinski definition) is 1. The lowest BCUT2D eigenvalue weighted by Crippen LogP contribution is -2.43. The maximum Gasteiger partial charge on any atom is 0.276 e. The summed E-state index contributed by atoms with van der Waals surface area (Å²) in [6.07, 6.45) is 2.06. The molecule has 0 unspecified atom stereocenters. The molecule has 0 saturated carbocycles. The van der Waals surface area contributed by atoms with Gasteiger partial charge in [-0.05, 0) is 49.5 Å². The minimum Gasteiger partial charge on any atom is -0.484 e. The third-order valence-electron chi connectivity index (χ3n) is 6.28. The van der Waals surface area contributed by atoms with Crippen LogP contribution in [0.5, 0.6) is 11.6 Å². The summed E-state index contributed by atoms with van der Waals surface area (Å²) in [6.45, 7) is 5.02. The quantitative estimate of drug-likeness (QED) is 0.610. The molecular weight excluding hydrogens is 420 g/mol. The van der Waals surface area contributed by atoms with Crippen molar-refractivity contribution in [3.63, 3.8) is 0 Å². The van der Waals surface area contributed by atoms with Gasteiger partial charge in [0.1, 0.15) is 13.2 Å². The zero-order valence-electron chi connectivity index (χ0n) is 18.4. The van der Waals surface area contributed by atoms with E-state index in [2.05, 4.69) is 26.5 Å². The van der Waals surface area contributed by atoms with E-state index in [1.807, 2.05) is 18.2 Å². The third kappa shape index (κ3) is 4.82. The number of benzene rings is 1. The number of piperidine rings is 1. The van der Waals surface area contributed by atoms with E-state index in [1.165, 1.54) is 0 Å². The van der Waals surface area contributed by atoms with E-state index in [-0.39, 0.29) is 5.56 Å². The average Bonchev–Trinajstić information content (AvgIpc) is 2.87. The van der Waals surface area contributed by atoms with Gasteiger partial charge in [-0.3, -0.25) is 4.79 Å². The van der Waals surface area contributed by atoms with Crippen LogP contribution >= 0.6 is 0 Å². The van der Waals surface area contributed by atoms with Gasteiger partial charge in [0, 0.05) is 37.8 Å². The van der Waals surface area contributed by atoms with Crippen molar-refractivity contribution in [1.82, 2.24) is 25.0 Å². The number of ether oxygens (including phenoxy) is 2. The zero-order valence-corrected chi connectivity index (χ0v) is 18.4. The van der Waals surface area contributed by atoms with Gasteiger partial charge in [-0.25, -0.2) is 0 Å². The number of nitrogens with one attached hydrogen (secondary N) is 1. The molecule has 0 bridgehead atoms. The molecule has 0 radical (unpaired) electrons. The second-order valence-corrected chi connectivity index (χ2v) is 8.41. The molecule has 0 spiro atoms. The van der Waals surface area contributed by atoms with Gasteiger partial charge < -0.3 is 24.3 Å². The Balaban J connectivity index is 1.14. The zero-order chi connectivity index (χ0) is 22.6. The van der Waals surface area contributed by atoms with Crippen molar-refractivity contribution in [3.8, 4) is 17.7 Å². The van der Waals surface area contributed by atoms with Gasteiger partial charge in [-0.2, -0.15) is 10.4 Å². The number of aromatic nitrogens is 3. The highest BCUT2D eigenvalue weighted by Gasteiger charge is 2.20. The summed E-state index contributed by atoms with van der Waals surface area (Å²) in [5.74, 6) is 1.13. The first-order valence-electron chi connectivity index (χ1n) is 11.3. The molecule has 2 aliphatic heterocycles. The maximum absolute atomic E-state index is 12.5. The molecule has 3 aromatic rings. The number of likely N-dealkylation sites (tertiary alicyclic amines) is 1. The van der Waals surface area contributed by atoms with Gasteiger partial charge in [-0.15, -0.1) is 5.10 Å². The summed E-state index contributed by atoms with van der Waals surface area (Å²) < 4.78 is 12.8. The normalized spacial score (nSPS) is 16.6. The number of rotatable bonds is 6. The molecular formula is C24H26N6O3. The summed E-state index contributed by atoms with van der Waals surface area (Å²) >= 11 is 0. The summed E-state index contributed by atoms with van der Waals surface area (Å²) in [5.41, 5.74) is 2.19. The van der Waals surface area contributed by atoms with Crippen LogP contribution in [0.2, 0.25) is 0 Å². The molecule has 0 aliphatic carbocycles. The van der Waals surface area contributed by atoms with Gasteiger partial charge in [0.15, 0.2) is 5.75 Å². The topological polar surface area (TPSA) is 105 Å². The lowest BCUT2D eigenvalue weighted by molar-refractivity contribution is 0.161. The van der Waals surface area contributed by atoms with Crippen LogP contribution in [0.3, 0.4) is 0 Å². The monoisotopic (exact) mass is 446 g/mol. The van der Waals surface area contributed by atoms with Crippen molar-refractivity contribution < 1.29 is 9.47 Å². The fourth-order valence-electron chi connectivity index (χ4n) is 4.42. The highest BCUT2D eigenvalue weighted by atomic mass is 16.6. The standard InChI is InChI=1S/C24H26N6O3/c25-15-17-1-2-18-3-4-23(31)30(21(18)13-17)10-9-29-7-5-19(6-8-29)26-16-20-14-22-24(28-27-20)33-12-11-32-22/h1-4,13-14,19,26H,5-12,16H2. The van der Waals surface area contributed by atoms with E-state index in [9.17, 15) is 10.1 Å². The number of pyridine rings is 1. The molecule has 0 amide bonds. The number of nitrogens with zero attached hydrogens (tertiary/aromatic N) is 5. The first kappa shape index (κ1) is 21.4. The Morgan fingerprint density at radius 2 is 1.88 bits per heavy atom. The lowest BCUT2D eigenvalue weighted by atomic mass is 10.0. The largest absolute Gasteiger partial charge is 0.484 e. The smallest absolute Gasteiger partial charge is 0.276 e. The van der Waals surface area contributed by atoms with E-state index < -0.39 is 0 Å². The molecule has 1 aromatic carbocycles. The Kier molecular flexibility index (Phi) is 6.19. The Bertz CT molecular complexity index is 1240. The van der Waals surface area contributed by atoms with Crippen LogP contribution in [0.4, 0.5) is 0 Å². The molecule has 9 heteroatoms. The highest BCUT2D eigenvalue weighted by Crippen LogP contribution is 2.26. The third-order valence-corrected chi connectivity index (χ3v) is 6.28. The van der Waals surface area contributed by atoms with E-state index in [0.717, 1.165) is 49.1 Å². The fraction of sp³-hybridized carbons (Fsp3) is 0.417. The molecule has 5 rings (SSSR count). The molecule has 0 atom stereocenters. The highest BCUT2D eigenvalue weighted by molar-refractivity contribution is 5.80. The molecule has 1 saturated heterocycles. The van der Waals surface area contributed by atoms with Crippen LogP contribution in [0.25, 0.3) is 10.9 Å². The van der Waals surface area contributed by atoms with Crippen molar-refractivity contribution in [2.24, 2.45) is 0 Å². The van der Waals surface area contributed by atoms with Gasteiger partial charge >= 0.3 is 0 Å². The van der Waals surface area contributed by atoms with Crippen molar-refractivity contribution >= 4 is 10.9 Å². The second-order valence-electron chi connectivity index (χ2n) is 8.41. The molecule has 2 aliphatic rings. The van der Waals surface area contributed by atoms with Crippen LogP contribution in [-0.2, 0) is 13.1 Å². The Morgan fingerprint density at radius 1 is 1.06 bits per heavy atom. The van der Waals surface area contributed by atoms with Crippen LogP contribution in [0.15, 0.2) is 41.2 Å². The van der Waals surface area contributed by atoms with E-state index in [4.69, 9.17) is 9.47 Å². The van der Waals surface area contributed by atoms with Gasteiger partial charge in [0.05, 0.1) is 22.8 Å². The van der Waals surface area contributed by atoms with Crippen LogP contribution < -0.4 is 20.3 Å². The van der Waals surface area contributed by atoms with E-state index >= 15 is 0 Å². The van der Waals surface area contributed by atoms with E-state index in [1.54, 1.807) is 22.8 Å². The average molecular weight is 447 g/mol. The number of hydrogen-bond acceptors (Lipinski definition) is 8. The Hall–Kier alpha value is -3.48. The SMILES string of the molecule is N#Cc1ccc2ccc(=O)n(CCN3CCC(NCc4cc5c(nn4)OCCO5)CC3)c2c1. The summed E-state index contributed by atoms with van der Waals surface area (Å²) in [6, 6.07) is 13.4. The van der Waals surface area contributed by atoms with Gasteiger partial charge in [0.2, 0.25) is 0 Å². The minimum atomic E-state index is -0.0327.